The number of aliphatic carboxylic acids is 1. The molecule has 0 unspecified atom stereocenters. The summed E-state index contributed by atoms with van der Waals surface area (Å²) in [5, 5.41) is 13.0. The van der Waals surface area contributed by atoms with Gasteiger partial charge in [-0.1, -0.05) is 18.2 Å². The Morgan fingerprint density at radius 2 is 1.90 bits per heavy atom. The molecule has 29 heavy (non-hydrogen) atoms. The number of ether oxygens (including phenoxy) is 1. The molecule has 6 heteroatoms. The van der Waals surface area contributed by atoms with Gasteiger partial charge < -0.3 is 14.4 Å². The smallest absolute Gasteiger partial charge is 0.306 e. The molecule has 148 valence electrons. The number of aromatic nitrogens is 2. The van der Waals surface area contributed by atoms with Gasteiger partial charge in [-0.25, -0.2) is 0 Å². The first-order valence-corrected chi connectivity index (χ1v) is 9.58. The molecule has 1 N–H and O–H groups in total. The molecule has 0 fully saturated rings. The molecular formula is C23H22N2O4. The van der Waals surface area contributed by atoms with E-state index in [2.05, 4.69) is 28.6 Å². The fraction of sp³-hybridized carbons (Fsp3) is 0.261. The van der Waals surface area contributed by atoms with Gasteiger partial charge in [0.05, 0.1) is 5.52 Å². The fourth-order valence-corrected chi connectivity index (χ4v) is 4.12. The van der Waals surface area contributed by atoms with Crippen LogP contribution in [0.4, 0.5) is 0 Å². The van der Waals surface area contributed by atoms with E-state index in [1.807, 2.05) is 31.4 Å². The van der Waals surface area contributed by atoms with Gasteiger partial charge in [0, 0.05) is 59.5 Å². The first-order valence-electron chi connectivity index (χ1n) is 9.58. The Labute approximate surface area is 167 Å². The molecule has 0 amide bonds. The number of nitrogens with zero attached hydrogens (tertiary/aromatic N) is 2. The van der Waals surface area contributed by atoms with Crippen molar-refractivity contribution in [3.8, 4) is 0 Å². The van der Waals surface area contributed by atoms with E-state index in [1.165, 1.54) is 0 Å². The van der Waals surface area contributed by atoms with Gasteiger partial charge in [0.25, 0.3) is 0 Å². The number of hydrogen-bond acceptors (Lipinski definition) is 4. The van der Waals surface area contributed by atoms with Crippen molar-refractivity contribution in [2.75, 3.05) is 0 Å². The molecule has 0 saturated heterocycles. The molecule has 0 aliphatic rings. The highest BCUT2D eigenvalue weighted by Gasteiger charge is 2.19. The summed E-state index contributed by atoms with van der Waals surface area (Å²) in [6.07, 6.45) is 3.91. The molecule has 0 radical (unpaired) electrons. The lowest BCUT2D eigenvalue weighted by atomic mass is 9.96. The van der Waals surface area contributed by atoms with Gasteiger partial charge in [0.15, 0.2) is 0 Å². The topological polar surface area (TPSA) is 81.4 Å². The number of carboxylic acid groups (broad SMARTS) is 1. The van der Waals surface area contributed by atoms with Crippen molar-refractivity contribution in [1.29, 1.82) is 0 Å². The lowest BCUT2D eigenvalue weighted by Crippen LogP contribution is -2.07. The van der Waals surface area contributed by atoms with Crippen molar-refractivity contribution in [3.05, 3.63) is 53.9 Å². The molecular weight excluding hydrogens is 368 g/mol. The van der Waals surface area contributed by atoms with Crippen molar-refractivity contribution in [2.24, 2.45) is 7.05 Å². The molecule has 6 nitrogen and oxygen atoms in total. The van der Waals surface area contributed by atoms with Crippen molar-refractivity contribution >= 4 is 44.5 Å². The van der Waals surface area contributed by atoms with E-state index in [1.54, 1.807) is 6.20 Å². The number of carbonyl (C=O) groups excluding carboxylic acids is 1. The molecule has 0 aliphatic heterocycles. The number of hydrogen-bond donors (Lipinski definition) is 1. The van der Waals surface area contributed by atoms with E-state index in [0.717, 1.165) is 43.7 Å². The predicted molar refractivity (Wildman–Crippen MR) is 112 cm³/mol. The molecule has 0 saturated carbocycles. The molecule has 0 atom stereocenters. The third-order valence-corrected chi connectivity index (χ3v) is 5.46. The van der Waals surface area contributed by atoms with Crippen LogP contribution in [-0.2, 0) is 28.0 Å². The number of carbonyl (C=O) groups is 2. The lowest BCUT2D eigenvalue weighted by molar-refractivity contribution is -0.145. The van der Waals surface area contributed by atoms with E-state index >= 15 is 0 Å². The SMILES string of the molecule is Cc1c2ccncc2c(COC(=O)CCCC(=O)O)c2c3ccccc3n(C)c12. The minimum Gasteiger partial charge on any atom is -0.481 e. The predicted octanol–water partition coefficient (Wildman–Crippen LogP) is 4.49. The second-order valence-electron chi connectivity index (χ2n) is 7.23. The van der Waals surface area contributed by atoms with Gasteiger partial charge in [0.2, 0.25) is 0 Å². The van der Waals surface area contributed by atoms with Crippen molar-refractivity contribution in [1.82, 2.24) is 9.55 Å². The molecule has 2 heterocycles. The number of carboxylic acids is 1. The van der Waals surface area contributed by atoms with Gasteiger partial charge in [-0.05, 0) is 36.4 Å². The molecule has 4 aromatic rings. The number of pyridine rings is 1. The fourth-order valence-electron chi connectivity index (χ4n) is 4.12. The van der Waals surface area contributed by atoms with Gasteiger partial charge in [-0.3, -0.25) is 14.6 Å². The Kier molecular flexibility index (Phi) is 4.92. The second kappa shape index (κ2) is 7.54. The standard InChI is InChI=1S/C23H22N2O4/c1-14-15-10-11-24-12-17(15)18(13-29-21(28)9-5-8-20(26)27)22-16-6-3-4-7-19(16)25(2)23(14)22/h3-4,6-7,10-12H,5,8-9,13H2,1-2H3,(H,26,27). The zero-order valence-electron chi connectivity index (χ0n) is 16.4. The number of aryl methyl sites for hydroxylation is 2. The Bertz CT molecular complexity index is 1260. The van der Waals surface area contributed by atoms with E-state index in [0.29, 0.717) is 0 Å². The van der Waals surface area contributed by atoms with Crippen molar-refractivity contribution in [3.63, 3.8) is 0 Å². The van der Waals surface area contributed by atoms with E-state index in [-0.39, 0.29) is 25.9 Å². The summed E-state index contributed by atoms with van der Waals surface area (Å²) in [7, 11) is 2.05. The Morgan fingerprint density at radius 3 is 2.69 bits per heavy atom. The summed E-state index contributed by atoms with van der Waals surface area (Å²) in [5.74, 6) is -1.30. The Hall–Kier alpha value is -3.41. The summed E-state index contributed by atoms with van der Waals surface area (Å²) in [4.78, 5) is 27.1. The molecule has 0 bridgehead atoms. The molecule has 2 aromatic heterocycles. The minimum absolute atomic E-state index is 0.0416. The normalized spacial score (nSPS) is 11.4. The first-order chi connectivity index (χ1) is 14.0. The number of esters is 1. The van der Waals surface area contributed by atoms with Crippen LogP contribution < -0.4 is 0 Å². The Morgan fingerprint density at radius 1 is 1.10 bits per heavy atom. The zero-order chi connectivity index (χ0) is 20.5. The largest absolute Gasteiger partial charge is 0.481 e. The van der Waals surface area contributed by atoms with Crippen LogP contribution in [0.25, 0.3) is 32.6 Å². The maximum absolute atomic E-state index is 12.2. The third kappa shape index (κ3) is 3.31. The first kappa shape index (κ1) is 18.9. The average molecular weight is 390 g/mol. The summed E-state index contributed by atoms with van der Waals surface area (Å²) in [5.41, 5.74) is 4.31. The number of fused-ring (bicyclic) bond motifs is 4. The second-order valence-corrected chi connectivity index (χ2v) is 7.23. The van der Waals surface area contributed by atoms with Gasteiger partial charge in [-0.15, -0.1) is 0 Å². The summed E-state index contributed by atoms with van der Waals surface area (Å²) in [6, 6.07) is 10.2. The van der Waals surface area contributed by atoms with Crippen molar-refractivity contribution in [2.45, 2.75) is 32.8 Å². The van der Waals surface area contributed by atoms with Crippen LogP contribution >= 0.6 is 0 Å². The van der Waals surface area contributed by atoms with Gasteiger partial charge in [-0.2, -0.15) is 0 Å². The van der Waals surface area contributed by atoms with Crippen LogP contribution in [0.1, 0.15) is 30.4 Å². The van der Waals surface area contributed by atoms with Crippen LogP contribution in [0, 0.1) is 6.92 Å². The maximum atomic E-state index is 12.2. The van der Waals surface area contributed by atoms with Crippen LogP contribution in [-0.4, -0.2) is 26.6 Å². The molecule has 4 rings (SSSR count). The highest BCUT2D eigenvalue weighted by atomic mass is 16.5. The summed E-state index contributed by atoms with van der Waals surface area (Å²) >= 11 is 0. The summed E-state index contributed by atoms with van der Waals surface area (Å²) in [6.45, 7) is 2.23. The monoisotopic (exact) mass is 390 g/mol. The van der Waals surface area contributed by atoms with Crippen LogP contribution in [0.2, 0.25) is 0 Å². The highest BCUT2D eigenvalue weighted by Crippen LogP contribution is 2.38. The molecule has 2 aromatic carbocycles. The molecule has 0 aliphatic carbocycles. The average Bonchev–Trinajstić information content (AvgIpc) is 3.01. The maximum Gasteiger partial charge on any atom is 0.306 e. The number of benzene rings is 2. The lowest BCUT2D eigenvalue weighted by Gasteiger charge is -2.13. The van der Waals surface area contributed by atoms with Crippen LogP contribution in [0.3, 0.4) is 0 Å². The zero-order valence-corrected chi connectivity index (χ0v) is 16.4. The highest BCUT2D eigenvalue weighted by molar-refractivity contribution is 6.16. The van der Waals surface area contributed by atoms with Gasteiger partial charge >= 0.3 is 11.9 Å². The van der Waals surface area contributed by atoms with E-state index in [4.69, 9.17) is 9.84 Å². The Balaban J connectivity index is 1.83. The quantitative estimate of drug-likeness (QED) is 0.491. The van der Waals surface area contributed by atoms with E-state index < -0.39 is 11.9 Å². The van der Waals surface area contributed by atoms with Gasteiger partial charge in [0.1, 0.15) is 6.61 Å². The summed E-state index contributed by atoms with van der Waals surface area (Å²) < 4.78 is 7.73. The van der Waals surface area contributed by atoms with E-state index in [9.17, 15) is 9.59 Å². The molecule has 0 spiro atoms. The van der Waals surface area contributed by atoms with Crippen molar-refractivity contribution < 1.29 is 19.4 Å². The minimum atomic E-state index is -0.911. The van der Waals surface area contributed by atoms with Crippen LogP contribution in [0.5, 0.6) is 0 Å². The van der Waals surface area contributed by atoms with Crippen LogP contribution in [0.15, 0.2) is 42.7 Å². The number of para-hydroxylation sites is 1. The number of rotatable bonds is 6. The third-order valence-electron chi connectivity index (χ3n) is 5.46.